The predicted molar refractivity (Wildman–Crippen MR) is 106 cm³/mol. The van der Waals surface area contributed by atoms with Gasteiger partial charge in [-0.25, -0.2) is 9.69 Å². The summed E-state index contributed by atoms with van der Waals surface area (Å²) in [5.41, 5.74) is 1.63. The molecule has 29 heavy (non-hydrogen) atoms. The highest BCUT2D eigenvalue weighted by atomic mass is 16.5. The van der Waals surface area contributed by atoms with Crippen molar-refractivity contribution in [1.29, 1.82) is 0 Å². The van der Waals surface area contributed by atoms with E-state index >= 15 is 0 Å². The van der Waals surface area contributed by atoms with E-state index in [1.807, 2.05) is 31.2 Å². The maximum Gasteiger partial charge on any atom is 0.332 e. The van der Waals surface area contributed by atoms with Crippen LogP contribution < -0.4 is 9.64 Å². The van der Waals surface area contributed by atoms with E-state index in [-0.39, 0.29) is 23.8 Å². The molecular weight excluding hydrogens is 372 g/mol. The van der Waals surface area contributed by atoms with Crippen molar-refractivity contribution in [2.75, 3.05) is 18.6 Å². The fourth-order valence-electron chi connectivity index (χ4n) is 3.82. The number of carbonyl (C=O) groups is 3. The van der Waals surface area contributed by atoms with Crippen LogP contribution in [-0.2, 0) is 14.3 Å². The van der Waals surface area contributed by atoms with Crippen molar-refractivity contribution in [3.05, 3.63) is 54.1 Å². The molecule has 2 fully saturated rings. The van der Waals surface area contributed by atoms with Gasteiger partial charge in [-0.3, -0.25) is 9.59 Å². The van der Waals surface area contributed by atoms with Gasteiger partial charge in [0, 0.05) is 6.54 Å². The summed E-state index contributed by atoms with van der Waals surface area (Å²) in [5.74, 6) is 0.322. The number of fused-ring (bicyclic) bond motifs is 1. The summed E-state index contributed by atoms with van der Waals surface area (Å²) < 4.78 is 10.6. The Balaban J connectivity index is 1.49. The fourth-order valence-corrected chi connectivity index (χ4v) is 3.82. The molecule has 3 amide bonds. The Morgan fingerprint density at radius 3 is 2.24 bits per heavy atom. The second-order valence-corrected chi connectivity index (χ2v) is 7.32. The number of aryl methyl sites for hydroxylation is 1. The number of imide groups is 1. The number of anilines is 1. The number of piperidine rings is 1. The van der Waals surface area contributed by atoms with Crippen molar-refractivity contribution in [2.45, 2.75) is 25.8 Å². The van der Waals surface area contributed by atoms with Gasteiger partial charge < -0.3 is 14.4 Å². The normalized spacial score (nSPS) is 21.2. The zero-order chi connectivity index (χ0) is 20.5. The minimum Gasteiger partial charge on any atom is -0.469 e. The molecule has 0 aromatic heterocycles. The highest BCUT2D eigenvalue weighted by Gasteiger charge is 2.49. The van der Waals surface area contributed by atoms with Gasteiger partial charge >= 0.3 is 12.0 Å². The number of hydrogen-bond acceptors (Lipinski definition) is 5. The van der Waals surface area contributed by atoms with E-state index in [9.17, 15) is 14.4 Å². The van der Waals surface area contributed by atoms with Crippen LogP contribution in [-0.4, -0.2) is 42.5 Å². The molecule has 2 aliphatic heterocycles. The molecule has 2 atom stereocenters. The van der Waals surface area contributed by atoms with E-state index in [0.29, 0.717) is 36.6 Å². The van der Waals surface area contributed by atoms with Crippen LogP contribution in [0.5, 0.6) is 11.5 Å². The van der Waals surface area contributed by atoms with Gasteiger partial charge in [0.1, 0.15) is 17.5 Å². The molecule has 0 N–H and O–H groups in total. The van der Waals surface area contributed by atoms with Crippen LogP contribution >= 0.6 is 0 Å². The van der Waals surface area contributed by atoms with Gasteiger partial charge in [-0.1, -0.05) is 17.7 Å². The number of amides is 3. The largest absolute Gasteiger partial charge is 0.469 e. The van der Waals surface area contributed by atoms with Crippen molar-refractivity contribution < 1.29 is 23.9 Å². The van der Waals surface area contributed by atoms with Gasteiger partial charge in [0.2, 0.25) is 0 Å². The minimum atomic E-state index is -0.621. The molecule has 0 radical (unpaired) electrons. The summed E-state index contributed by atoms with van der Waals surface area (Å²) in [6.45, 7) is 2.36. The van der Waals surface area contributed by atoms with Gasteiger partial charge in [0.15, 0.2) is 0 Å². The Morgan fingerprint density at radius 2 is 1.62 bits per heavy atom. The van der Waals surface area contributed by atoms with E-state index in [1.165, 1.54) is 12.0 Å². The molecule has 0 spiro atoms. The monoisotopic (exact) mass is 394 g/mol. The number of esters is 1. The van der Waals surface area contributed by atoms with Gasteiger partial charge in [0.25, 0.3) is 5.91 Å². The molecule has 2 saturated heterocycles. The molecule has 150 valence electrons. The first-order chi connectivity index (χ1) is 14.0. The zero-order valence-corrected chi connectivity index (χ0v) is 16.3. The van der Waals surface area contributed by atoms with Crippen molar-refractivity contribution in [1.82, 2.24) is 4.90 Å². The standard InChI is InChI=1S/C22H22N2O5/c1-14-3-7-17(8-4-14)29-18-9-5-16(6-10-18)24-20(25)19-13-15(21(26)28-2)11-12-23(19)22(24)27/h3-10,15,19H,11-13H2,1-2H3. The smallest absolute Gasteiger partial charge is 0.332 e. The third kappa shape index (κ3) is 3.55. The molecule has 0 aliphatic carbocycles. The van der Waals surface area contributed by atoms with Crippen LogP contribution in [0, 0.1) is 12.8 Å². The summed E-state index contributed by atoms with van der Waals surface area (Å²) in [7, 11) is 1.34. The molecule has 7 heteroatoms. The lowest BCUT2D eigenvalue weighted by atomic mass is 9.91. The fraction of sp³-hybridized carbons (Fsp3) is 0.318. The first-order valence-corrected chi connectivity index (χ1v) is 9.55. The molecule has 2 aliphatic rings. The molecular formula is C22H22N2O5. The lowest BCUT2D eigenvalue weighted by molar-refractivity contribution is -0.147. The lowest BCUT2D eigenvalue weighted by Gasteiger charge is -2.30. The number of urea groups is 1. The Bertz CT molecular complexity index is 939. The summed E-state index contributed by atoms with van der Waals surface area (Å²) in [6.07, 6.45) is 0.793. The van der Waals surface area contributed by atoms with Crippen LogP contribution in [0.3, 0.4) is 0 Å². The quantitative estimate of drug-likeness (QED) is 0.586. The number of ether oxygens (including phenoxy) is 2. The molecule has 4 rings (SSSR count). The third-order valence-corrected chi connectivity index (χ3v) is 5.43. The SMILES string of the molecule is COC(=O)C1CCN2C(=O)N(c3ccc(Oc4ccc(C)cc4)cc3)C(=O)C2C1. The number of carbonyl (C=O) groups excluding carboxylic acids is 3. The van der Waals surface area contributed by atoms with E-state index in [4.69, 9.17) is 9.47 Å². The van der Waals surface area contributed by atoms with E-state index in [1.54, 1.807) is 29.2 Å². The van der Waals surface area contributed by atoms with Crippen LogP contribution in [0.25, 0.3) is 0 Å². The average molecular weight is 394 g/mol. The van der Waals surface area contributed by atoms with Gasteiger partial charge in [-0.2, -0.15) is 0 Å². The van der Waals surface area contributed by atoms with Gasteiger partial charge in [-0.15, -0.1) is 0 Å². The first-order valence-electron chi connectivity index (χ1n) is 9.55. The second kappa shape index (κ2) is 7.58. The Kier molecular flexibility index (Phi) is 4.96. The summed E-state index contributed by atoms with van der Waals surface area (Å²) in [6, 6.07) is 13.5. The number of rotatable bonds is 4. The molecule has 2 unspecified atom stereocenters. The number of benzene rings is 2. The third-order valence-electron chi connectivity index (χ3n) is 5.43. The van der Waals surface area contributed by atoms with Crippen molar-refractivity contribution >= 4 is 23.6 Å². The molecule has 2 heterocycles. The molecule has 2 aromatic carbocycles. The Labute approximate surface area is 168 Å². The van der Waals surface area contributed by atoms with Crippen molar-refractivity contribution in [2.24, 2.45) is 5.92 Å². The summed E-state index contributed by atoms with van der Waals surface area (Å²) >= 11 is 0. The lowest BCUT2D eigenvalue weighted by Crippen LogP contribution is -2.44. The minimum absolute atomic E-state index is 0.294. The van der Waals surface area contributed by atoms with Crippen LogP contribution in [0.1, 0.15) is 18.4 Å². The van der Waals surface area contributed by atoms with Gasteiger partial charge in [-0.05, 0) is 56.2 Å². The van der Waals surface area contributed by atoms with Gasteiger partial charge in [0.05, 0.1) is 18.7 Å². The maximum atomic E-state index is 12.9. The van der Waals surface area contributed by atoms with Crippen LogP contribution in [0.2, 0.25) is 0 Å². The van der Waals surface area contributed by atoms with Crippen molar-refractivity contribution in [3.63, 3.8) is 0 Å². The second-order valence-electron chi connectivity index (χ2n) is 7.32. The zero-order valence-electron chi connectivity index (χ0n) is 16.3. The van der Waals surface area contributed by atoms with Crippen LogP contribution in [0.15, 0.2) is 48.5 Å². The predicted octanol–water partition coefficient (Wildman–Crippen LogP) is 3.51. The summed E-state index contributed by atoms with van der Waals surface area (Å²) in [4.78, 5) is 40.2. The highest BCUT2D eigenvalue weighted by Crippen LogP contribution is 2.34. The van der Waals surface area contributed by atoms with Crippen LogP contribution in [0.4, 0.5) is 10.5 Å². The number of hydrogen-bond donors (Lipinski definition) is 0. The topological polar surface area (TPSA) is 76.2 Å². The molecule has 0 bridgehead atoms. The Morgan fingerprint density at radius 1 is 1.00 bits per heavy atom. The number of methoxy groups -OCH3 is 1. The number of nitrogens with zero attached hydrogens (tertiary/aromatic N) is 2. The summed E-state index contributed by atoms with van der Waals surface area (Å²) in [5, 5.41) is 0. The highest BCUT2D eigenvalue weighted by molar-refractivity contribution is 6.21. The maximum absolute atomic E-state index is 12.9. The van der Waals surface area contributed by atoms with E-state index in [2.05, 4.69) is 0 Å². The molecule has 7 nitrogen and oxygen atoms in total. The van der Waals surface area contributed by atoms with Crippen molar-refractivity contribution in [3.8, 4) is 11.5 Å². The van der Waals surface area contributed by atoms with E-state index < -0.39 is 6.04 Å². The van der Waals surface area contributed by atoms with E-state index in [0.717, 1.165) is 5.56 Å². The molecule has 0 saturated carbocycles. The molecule has 2 aromatic rings. The average Bonchev–Trinajstić information content (AvgIpc) is 2.99. The first kappa shape index (κ1) is 19.0. The Hall–Kier alpha value is -3.35.